The number of aryl methyl sites for hydroxylation is 2. The van der Waals surface area contributed by atoms with Gasteiger partial charge in [0.1, 0.15) is 6.29 Å². The number of carbonyl (C=O) groups is 2. The Morgan fingerprint density at radius 2 is 1.88 bits per heavy atom. The van der Waals surface area contributed by atoms with E-state index in [1.807, 2.05) is 30.9 Å². The summed E-state index contributed by atoms with van der Waals surface area (Å²) in [6, 6.07) is 14.6. The molecule has 4 heteroatoms. The third kappa shape index (κ3) is 4.47. The van der Waals surface area contributed by atoms with E-state index in [9.17, 15) is 9.59 Å². The predicted molar refractivity (Wildman–Crippen MR) is 137 cm³/mol. The van der Waals surface area contributed by atoms with Gasteiger partial charge in [-0.15, -0.1) is 0 Å². The van der Waals surface area contributed by atoms with Crippen LogP contribution < -0.4 is 0 Å². The van der Waals surface area contributed by atoms with Gasteiger partial charge in [-0.25, -0.2) is 0 Å². The molecule has 1 heterocycles. The topological polar surface area (TPSA) is 49.7 Å². The molecule has 4 nitrogen and oxygen atoms in total. The fourth-order valence-electron chi connectivity index (χ4n) is 6.29. The first-order chi connectivity index (χ1) is 16.5. The SMILES string of the molecule is Cc1cc(C(=O)N2CCC(CCN=C3CCCC4CC34)(c3ccccc3)CC2)c(C)cc1C=O. The molecule has 2 saturated carbocycles. The van der Waals surface area contributed by atoms with Gasteiger partial charge in [-0.05, 0) is 99.5 Å². The maximum absolute atomic E-state index is 13.4. The third-order valence-corrected chi connectivity index (χ3v) is 8.63. The van der Waals surface area contributed by atoms with Crippen LogP contribution in [-0.4, -0.2) is 42.4 Å². The van der Waals surface area contributed by atoms with Gasteiger partial charge in [0.25, 0.3) is 5.91 Å². The molecule has 0 bridgehead atoms. The van der Waals surface area contributed by atoms with Crippen LogP contribution in [0, 0.1) is 25.7 Å². The zero-order valence-corrected chi connectivity index (χ0v) is 20.6. The Kier molecular flexibility index (Phi) is 6.42. The van der Waals surface area contributed by atoms with E-state index in [0.717, 1.165) is 73.7 Å². The number of aliphatic imine (C=N–C) groups is 1. The van der Waals surface area contributed by atoms with E-state index in [1.165, 1.54) is 37.0 Å². The molecule has 3 aliphatic rings. The lowest BCUT2D eigenvalue weighted by Gasteiger charge is -2.42. The molecular formula is C30H36N2O2. The Bertz CT molecular complexity index is 1100. The number of nitrogens with zero attached hydrogens (tertiary/aromatic N) is 2. The molecule has 2 aromatic rings. The molecule has 2 aliphatic carbocycles. The first-order valence-corrected chi connectivity index (χ1v) is 13.0. The molecule has 2 aromatic carbocycles. The minimum atomic E-state index is 0.0755. The van der Waals surface area contributed by atoms with Crippen molar-refractivity contribution in [3.8, 4) is 0 Å². The lowest BCUT2D eigenvalue weighted by atomic mass is 9.70. The van der Waals surface area contributed by atoms with Crippen LogP contribution in [0.25, 0.3) is 0 Å². The number of piperidine rings is 1. The van der Waals surface area contributed by atoms with Crippen molar-refractivity contribution in [1.29, 1.82) is 0 Å². The second-order valence-corrected chi connectivity index (χ2v) is 10.7. The first kappa shape index (κ1) is 23.0. The number of fused-ring (bicyclic) bond motifs is 1. The van der Waals surface area contributed by atoms with Crippen LogP contribution in [-0.2, 0) is 5.41 Å². The van der Waals surface area contributed by atoms with Crippen molar-refractivity contribution in [1.82, 2.24) is 4.90 Å². The standard InChI is InChI=1S/C30H36N2O2/c1-21-18-26(22(2)17-24(21)20-33)29(34)32-15-12-30(13-16-32,25-8-4-3-5-9-25)11-14-31-28-10-6-7-23-19-27(23)28/h3-5,8-9,17-18,20,23,27H,6-7,10-16,19H2,1-2H3. The molecule has 1 amide bonds. The summed E-state index contributed by atoms with van der Waals surface area (Å²) >= 11 is 0. The van der Waals surface area contributed by atoms with E-state index in [1.54, 1.807) is 0 Å². The first-order valence-electron chi connectivity index (χ1n) is 13.0. The van der Waals surface area contributed by atoms with Gasteiger partial charge >= 0.3 is 0 Å². The molecule has 34 heavy (non-hydrogen) atoms. The minimum absolute atomic E-state index is 0.0755. The summed E-state index contributed by atoms with van der Waals surface area (Å²) in [6.45, 7) is 6.22. The Labute approximate surface area is 203 Å². The Hall–Kier alpha value is -2.75. The summed E-state index contributed by atoms with van der Waals surface area (Å²) < 4.78 is 0. The molecule has 0 N–H and O–H groups in total. The predicted octanol–water partition coefficient (Wildman–Crippen LogP) is 5.94. The van der Waals surface area contributed by atoms with E-state index in [0.29, 0.717) is 5.56 Å². The van der Waals surface area contributed by atoms with Gasteiger partial charge in [0, 0.05) is 41.9 Å². The van der Waals surface area contributed by atoms with Crippen molar-refractivity contribution in [2.75, 3.05) is 19.6 Å². The van der Waals surface area contributed by atoms with Gasteiger partial charge in [-0.1, -0.05) is 30.3 Å². The van der Waals surface area contributed by atoms with E-state index in [4.69, 9.17) is 4.99 Å². The van der Waals surface area contributed by atoms with Crippen LogP contribution in [0.15, 0.2) is 47.5 Å². The second kappa shape index (κ2) is 9.48. The van der Waals surface area contributed by atoms with E-state index in [2.05, 4.69) is 30.3 Å². The number of amides is 1. The van der Waals surface area contributed by atoms with E-state index >= 15 is 0 Å². The number of benzene rings is 2. The number of likely N-dealkylation sites (tertiary alicyclic amines) is 1. The van der Waals surface area contributed by atoms with Crippen molar-refractivity contribution in [2.45, 2.75) is 64.2 Å². The van der Waals surface area contributed by atoms with Crippen molar-refractivity contribution >= 4 is 17.9 Å². The van der Waals surface area contributed by atoms with E-state index < -0.39 is 0 Å². The average Bonchev–Trinajstić information content (AvgIpc) is 3.66. The van der Waals surface area contributed by atoms with Crippen molar-refractivity contribution < 1.29 is 9.59 Å². The Morgan fingerprint density at radius 3 is 2.62 bits per heavy atom. The fourth-order valence-corrected chi connectivity index (χ4v) is 6.29. The number of hydrogen-bond donors (Lipinski definition) is 0. The summed E-state index contributed by atoms with van der Waals surface area (Å²) in [5.41, 5.74) is 6.06. The van der Waals surface area contributed by atoms with Crippen LogP contribution >= 0.6 is 0 Å². The molecule has 5 rings (SSSR count). The number of hydrogen-bond acceptors (Lipinski definition) is 3. The number of rotatable bonds is 6. The highest BCUT2D eigenvalue weighted by Gasteiger charge is 2.43. The van der Waals surface area contributed by atoms with Crippen LogP contribution in [0.4, 0.5) is 0 Å². The van der Waals surface area contributed by atoms with Crippen LogP contribution in [0.5, 0.6) is 0 Å². The van der Waals surface area contributed by atoms with Gasteiger partial charge in [-0.3, -0.25) is 14.6 Å². The molecule has 2 atom stereocenters. The maximum atomic E-state index is 13.4. The quantitative estimate of drug-likeness (QED) is 0.505. The monoisotopic (exact) mass is 456 g/mol. The van der Waals surface area contributed by atoms with Crippen LogP contribution in [0.2, 0.25) is 0 Å². The highest BCUT2D eigenvalue weighted by molar-refractivity contribution is 5.97. The van der Waals surface area contributed by atoms with Crippen LogP contribution in [0.3, 0.4) is 0 Å². The van der Waals surface area contributed by atoms with Gasteiger partial charge in [0.05, 0.1) is 0 Å². The molecular weight excluding hydrogens is 420 g/mol. The highest BCUT2D eigenvalue weighted by atomic mass is 16.2. The van der Waals surface area contributed by atoms with Crippen molar-refractivity contribution in [3.05, 3.63) is 70.3 Å². The zero-order valence-electron chi connectivity index (χ0n) is 20.6. The van der Waals surface area contributed by atoms with Gasteiger partial charge < -0.3 is 4.90 Å². The summed E-state index contributed by atoms with van der Waals surface area (Å²) in [5, 5.41) is 0. The number of carbonyl (C=O) groups excluding carboxylic acids is 2. The van der Waals surface area contributed by atoms with Crippen LogP contribution in [0.1, 0.15) is 82.4 Å². The average molecular weight is 457 g/mol. The van der Waals surface area contributed by atoms with Gasteiger partial charge in [-0.2, -0.15) is 0 Å². The summed E-state index contributed by atoms with van der Waals surface area (Å²) in [6.07, 6.45) is 9.12. The molecule has 0 spiro atoms. The lowest BCUT2D eigenvalue weighted by molar-refractivity contribution is 0.0659. The third-order valence-electron chi connectivity index (χ3n) is 8.63. The van der Waals surface area contributed by atoms with Crippen molar-refractivity contribution in [3.63, 3.8) is 0 Å². The molecule has 0 radical (unpaired) electrons. The molecule has 1 aliphatic heterocycles. The normalized spacial score (nSPS) is 24.5. The second-order valence-electron chi connectivity index (χ2n) is 10.7. The molecule has 178 valence electrons. The molecule has 2 unspecified atom stereocenters. The Balaban J connectivity index is 1.30. The van der Waals surface area contributed by atoms with E-state index in [-0.39, 0.29) is 11.3 Å². The molecule has 3 fully saturated rings. The van der Waals surface area contributed by atoms with Crippen molar-refractivity contribution in [2.24, 2.45) is 16.8 Å². The maximum Gasteiger partial charge on any atom is 0.254 e. The highest BCUT2D eigenvalue weighted by Crippen LogP contribution is 2.48. The van der Waals surface area contributed by atoms with Gasteiger partial charge in [0.2, 0.25) is 0 Å². The van der Waals surface area contributed by atoms with Gasteiger partial charge in [0.15, 0.2) is 0 Å². The summed E-state index contributed by atoms with van der Waals surface area (Å²) in [4.78, 5) is 31.8. The fraction of sp³-hybridized carbons (Fsp3) is 0.500. The summed E-state index contributed by atoms with van der Waals surface area (Å²) in [7, 11) is 0. The summed E-state index contributed by atoms with van der Waals surface area (Å²) in [5.74, 6) is 1.80. The largest absolute Gasteiger partial charge is 0.339 e. The molecule has 1 saturated heterocycles. The number of aldehydes is 1. The Morgan fingerprint density at radius 1 is 1.12 bits per heavy atom. The minimum Gasteiger partial charge on any atom is -0.339 e. The lowest BCUT2D eigenvalue weighted by Crippen LogP contribution is -2.45. The smallest absolute Gasteiger partial charge is 0.254 e. The molecule has 0 aromatic heterocycles. The zero-order chi connectivity index (χ0) is 23.7.